The molecule has 0 aromatic carbocycles. The van der Waals surface area contributed by atoms with E-state index in [1.54, 1.807) is 22.9 Å². The predicted molar refractivity (Wildman–Crippen MR) is 98.8 cm³/mol. The summed E-state index contributed by atoms with van der Waals surface area (Å²) in [5, 5.41) is 11.8. The van der Waals surface area contributed by atoms with E-state index in [0.29, 0.717) is 18.7 Å². The van der Waals surface area contributed by atoms with E-state index in [1.165, 1.54) is 15.8 Å². The lowest BCUT2D eigenvalue weighted by Crippen LogP contribution is -2.41. The van der Waals surface area contributed by atoms with Crippen molar-refractivity contribution in [3.05, 3.63) is 46.4 Å². The Morgan fingerprint density at radius 1 is 1.41 bits per heavy atom. The second-order valence-corrected chi connectivity index (χ2v) is 6.74. The van der Waals surface area contributed by atoms with Gasteiger partial charge in [-0.1, -0.05) is 0 Å². The van der Waals surface area contributed by atoms with Gasteiger partial charge in [-0.25, -0.2) is 9.78 Å². The fourth-order valence-corrected chi connectivity index (χ4v) is 3.30. The molecule has 9 nitrogen and oxygen atoms in total. The van der Waals surface area contributed by atoms with Crippen molar-refractivity contribution in [1.82, 2.24) is 24.3 Å². The molecule has 2 aromatic rings. The first-order valence-corrected chi connectivity index (χ1v) is 9.03. The molecule has 1 aliphatic rings. The maximum Gasteiger partial charge on any atom is 0.407 e. The first-order valence-electron chi connectivity index (χ1n) is 8.50. The standard InChI is InChI=1S/C17H20ClN5O4/c1-11-8-22(10-19-11)14-3-2-13(23(7-5-18)16(14)25)15(24)20-12-4-6-21(9-12)17(26)27/h2-3,8,10,12H,4-7,9H2,1H3,(H,20,24)(H,26,27). The first-order chi connectivity index (χ1) is 12.9. The highest BCUT2D eigenvalue weighted by atomic mass is 35.5. The van der Waals surface area contributed by atoms with Gasteiger partial charge in [-0.3, -0.25) is 9.59 Å². The predicted octanol–water partition coefficient (Wildman–Crippen LogP) is 1.06. The van der Waals surface area contributed by atoms with Crippen LogP contribution in [0.2, 0.25) is 0 Å². The van der Waals surface area contributed by atoms with E-state index in [1.807, 2.05) is 6.92 Å². The van der Waals surface area contributed by atoms with E-state index in [2.05, 4.69) is 10.3 Å². The summed E-state index contributed by atoms with van der Waals surface area (Å²) < 4.78 is 2.93. The van der Waals surface area contributed by atoms with Crippen molar-refractivity contribution in [3.8, 4) is 5.69 Å². The lowest BCUT2D eigenvalue weighted by Gasteiger charge is -2.17. The molecule has 27 heavy (non-hydrogen) atoms. The minimum Gasteiger partial charge on any atom is -0.465 e. The highest BCUT2D eigenvalue weighted by Crippen LogP contribution is 2.11. The third-order valence-corrected chi connectivity index (χ3v) is 4.65. The third-order valence-electron chi connectivity index (χ3n) is 4.48. The normalized spacial score (nSPS) is 16.5. The molecule has 2 amide bonds. The van der Waals surface area contributed by atoms with Crippen LogP contribution in [0.4, 0.5) is 4.79 Å². The molecule has 10 heteroatoms. The minimum absolute atomic E-state index is 0.169. The average Bonchev–Trinajstić information content (AvgIpc) is 3.26. The number of nitrogens with zero attached hydrogens (tertiary/aromatic N) is 4. The highest BCUT2D eigenvalue weighted by Gasteiger charge is 2.28. The highest BCUT2D eigenvalue weighted by molar-refractivity contribution is 6.17. The quantitative estimate of drug-likeness (QED) is 0.738. The molecule has 0 saturated carbocycles. The zero-order valence-electron chi connectivity index (χ0n) is 14.8. The zero-order valence-corrected chi connectivity index (χ0v) is 15.5. The monoisotopic (exact) mass is 393 g/mol. The van der Waals surface area contributed by atoms with Gasteiger partial charge < -0.3 is 24.5 Å². The van der Waals surface area contributed by atoms with Crippen molar-refractivity contribution in [2.75, 3.05) is 19.0 Å². The van der Waals surface area contributed by atoms with Gasteiger partial charge in [0, 0.05) is 37.8 Å². The summed E-state index contributed by atoms with van der Waals surface area (Å²) in [6.45, 7) is 2.59. The number of alkyl halides is 1. The SMILES string of the molecule is Cc1cn(-c2ccc(C(=O)NC3CCN(C(=O)O)C3)n(CCCl)c2=O)cn1. The molecular formula is C17H20ClN5O4. The number of hydrogen-bond acceptors (Lipinski definition) is 4. The van der Waals surface area contributed by atoms with Gasteiger partial charge in [0.1, 0.15) is 11.4 Å². The number of hydrogen-bond donors (Lipinski definition) is 2. The number of carbonyl (C=O) groups is 2. The lowest BCUT2D eigenvalue weighted by atomic mass is 10.2. The van der Waals surface area contributed by atoms with Crippen molar-refractivity contribution < 1.29 is 14.7 Å². The molecule has 0 spiro atoms. The van der Waals surface area contributed by atoms with Gasteiger partial charge in [0.15, 0.2) is 0 Å². The van der Waals surface area contributed by atoms with Crippen molar-refractivity contribution in [1.29, 1.82) is 0 Å². The number of pyridine rings is 1. The number of carboxylic acid groups (broad SMARTS) is 1. The fraction of sp³-hybridized carbons (Fsp3) is 0.412. The van der Waals surface area contributed by atoms with Crippen LogP contribution in [0.15, 0.2) is 29.5 Å². The Bertz CT molecular complexity index is 922. The molecule has 3 rings (SSSR count). The summed E-state index contributed by atoms with van der Waals surface area (Å²) in [7, 11) is 0. The molecule has 1 aliphatic heterocycles. The molecule has 0 aliphatic carbocycles. The molecule has 3 heterocycles. The Labute approximate surface area is 160 Å². The zero-order chi connectivity index (χ0) is 19.6. The van der Waals surface area contributed by atoms with E-state index in [0.717, 1.165) is 5.69 Å². The fourth-order valence-electron chi connectivity index (χ4n) is 3.13. The van der Waals surface area contributed by atoms with Gasteiger partial charge in [0.05, 0.1) is 12.0 Å². The van der Waals surface area contributed by atoms with Crippen LogP contribution in [-0.2, 0) is 6.54 Å². The molecule has 0 bridgehead atoms. The van der Waals surface area contributed by atoms with Crippen molar-refractivity contribution in [3.63, 3.8) is 0 Å². The lowest BCUT2D eigenvalue weighted by molar-refractivity contribution is 0.0925. The third kappa shape index (κ3) is 3.97. The summed E-state index contributed by atoms with van der Waals surface area (Å²) in [5.41, 5.74) is 0.980. The number of aryl methyl sites for hydroxylation is 1. The molecule has 2 aromatic heterocycles. The van der Waals surface area contributed by atoms with Gasteiger partial charge in [-0.15, -0.1) is 11.6 Å². The molecule has 144 valence electrons. The van der Waals surface area contributed by atoms with Crippen LogP contribution in [0.25, 0.3) is 5.69 Å². The summed E-state index contributed by atoms with van der Waals surface area (Å²) in [6, 6.07) is 2.85. The van der Waals surface area contributed by atoms with Crippen LogP contribution in [0.5, 0.6) is 0 Å². The van der Waals surface area contributed by atoms with Crippen molar-refractivity contribution >= 4 is 23.6 Å². The van der Waals surface area contributed by atoms with E-state index in [-0.39, 0.29) is 36.3 Å². The Balaban J connectivity index is 1.86. The first kappa shape index (κ1) is 19.0. The average molecular weight is 394 g/mol. The number of rotatable bonds is 5. The number of likely N-dealkylation sites (tertiary alicyclic amines) is 1. The van der Waals surface area contributed by atoms with Crippen molar-refractivity contribution in [2.45, 2.75) is 25.9 Å². The van der Waals surface area contributed by atoms with Crippen LogP contribution in [0.3, 0.4) is 0 Å². The molecule has 1 unspecified atom stereocenters. The molecule has 1 atom stereocenters. The molecule has 2 N–H and O–H groups in total. The molecule has 1 saturated heterocycles. The van der Waals surface area contributed by atoms with Gasteiger partial charge in [0.2, 0.25) is 0 Å². The van der Waals surface area contributed by atoms with Crippen molar-refractivity contribution in [2.24, 2.45) is 0 Å². The Kier molecular flexibility index (Phi) is 5.50. The number of imidazole rings is 1. The van der Waals surface area contributed by atoms with E-state index in [9.17, 15) is 14.4 Å². The summed E-state index contributed by atoms with van der Waals surface area (Å²) >= 11 is 5.83. The maximum absolute atomic E-state index is 12.9. The van der Waals surface area contributed by atoms with E-state index < -0.39 is 12.0 Å². The summed E-state index contributed by atoms with van der Waals surface area (Å²) in [6.07, 6.45) is 2.78. The van der Waals surface area contributed by atoms with Gasteiger partial charge in [0.25, 0.3) is 11.5 Å². The Hall–Kier alpha value is -2.81. The van der Waals surface area contributed by atoms with Crippen LogP contribution >= 0.6 is 11.6 Å². The Morgan fingerprint density at radius 3 is 2.78 bits per heavy atom. The largest absolute Gasteiger partial charge is 0.465 e. The second-order valence-electron chi connectivity index (χ2n) is 6.36. The van der Waals surface area contributed by atoms with Crippen LogP contribution in [-0.4, -0.2) is 61.1 Å². The molecule has 1 fully saturated rings. The smallest absolute Gasteiger partial charge is 0.407 e. The Morgan fingerprint density at radius 2 is 2.19 bits per heavy atom. The number of amides is 2. The number of halogens is 1. The molecular weight excluding hydrogens is 374 g/mol. The van der Waals surface area contributed by atoms with Gasteiger partial charge >= 0.3 is 6.09 Å². The second kappa shape index (κ2) is 7.83. The summed E-state index contributed by atoms with van der Waals surface area (Å²) in [5.74, 6) is -0.258. The maximum atomic E-state index is 12.9. The molecule has 0 radical (unpaired) electrons. The number of aromatic nitrogens is 3. The minimum atomic E-state index is -1.01. The number of nitrogens with one attached hydrogen (secondary N) is 1. The van der Waals surface area contributed by atoms with E-state index >= 15 is 0 Å². The van der Waals surface area contributed by atoms with Crippen LogP contribution in [0, 0.1) is 6.92 Å². The summed E-state index contributed by atoms with van der Waals surface area (Å²) in [4.78, 5) is 41.9. The van der Waals surface area contributed by atoms with Gasteiger partial charge in [-0.05, 0) is 25.5 Å². The topological polar surface area (TPSA) is 109 Å². The number of carbonyl (C=O) groups excluding carboxylic acids is 1. The van der Waals surface area contributed by atoms with Gasteiger partial charge in [-0.2, -0.15) is 0 Å². The van der Waals surface area contributed by atoms with Crippen LogP contribution < -0.4 is 10.9 Å². The van der Waals surface area contributed by atoms with E-state index in [4.69, 9.17) is 16.7 Å². The van der Waals surface area contributed by atoms with Crippen LogP contribution in [0.1, 0.15) is 22.6 Å².